The van der Waals surface area contributed by atoms with Crippen molar-refractivity contribution in [1.82, 2.24) is 0 Å². The molecule has 0 aliphatic rings. The summed E-state index contributed by atoms with van der Waals surface area (Å²) < 4.78 is 13.2. The SMILES string of the molecule is CC(C)(C)c1ccc(CCC(=O)Nc2cccc(F)c2O)cc1. The summed E-state index contributed by atoms with van der Waals surface area (Å²) >= 11 is 0. The van der Waals surface area contributed by atoms with Gasteiger partial charge in [0.25, 0.3) is 0 Å². The van der Waals surface area contributed by atoms with E-state index in [-0.39, 0.29) is 23.4 Å². The highest BCUT2D eigenvalue weighted by molar-refractivity contribution is 5.92. The van der Waals surface area contributed by atoms with Crippen LogP contribution in [0.4, 0.5) is 10.1 Å². The van der Waals surface area contributed by atoms with Crippen molar-refractivity contribution in [3.05, 3.63) is 59.4 Å². The van der Waals surface area contributed by atoms with Crippen LogP contribution in [0.15, 0.2) is 42.5 Å². The number of rotatable bonds is 4. The topological polar surface area (TPSA) is 49.3 Å². The number of hydrogen-bond acceptors (Lipinski definition) is 2. The van der Waals surface area contributed by atoms with Crippen LogP contribution >= 0.6 is 0 Å². The Morgan fingerprint density at radius 3 is 2.39 bits per heavy atom. The van der Waals surface area contributed by atoms with Gasteiger partial charge in [0.2, 0.25) is 5.91 Å². The van der Waals surface area contributed by atoms with E-state index >= 15 is 0 Å². The number of halogens is 1. The number of nitrogens with one attached hydrogen (secondary N) is 1. The highest BCUT2D eigenvalue weighted by Crippen LogP contribution is 2.26. The molecule has 2 aromatic carbocycles. The first-order chi connectivity index (χ1) is 10.8. The molecule has 0 aliphatic carbocycles. The maximum absolute atomic E-state index is 13.2. The van der Waals surface area contributed by atoms with Crippen LogP contribution in [0.1, 0.15) is 38.3 Å². The highest BCUT2D eigenvalue weighted by Gasteiger charge is 2.13. The number of carbonyl (C=O) groups is 1. The van der Waals surface area contributed by atoms with E-state index in [4.69, 9.17) is 0 Å². The summed E-state index contributed by atoms with van der Waals surface area (Å²) in [5, 5.41) is 12.1. The molecule has 2 rings (SSSR count). The van der Waals surface area contributed by atoms with Crippen LogP contribution in [0.25, 0.3) is 0 Å². The van der Waals surface area contributed by atoms with Crippen LogP contribution in [0, 0.1) is 5.82 Å². The molecule has 0 aliphatic heterocycles. The van der Waals surface area contributed by atoms with Gasteiger partial charge in [-0.2, -0.15) is 0 Å². The quantitative estimate of drug-likeness (QED) is 0.822. The first-order valence-electron chi connectivity index (χ1n) is 7.64. The van der Waals surface area contributed by atoms with Crippen molar-refractivity contribution in [3.63, 3.8) is 0 Å². The lowest BCUT2D eigenvalue weighted by molar-refractivity contribution is -0.116. The van der Waals surface area contributed by atoms with Crippen LogP contribution in [0.3, 0.4) is 0 Å². The molecule has 0 saturated heterocycles. The zero-order valence-corrected chi connectivity index (χ0v) is 13.7. The fraction of sp³-hybridized carbons (Fsp3) is 0.316. The molecule has 0 radical (unpaired) electrons. The van der Waals surface area contributed by atoms with Crippen molar-refractivity contribution in [3.8, 4) is 5.75 Å². The fourth-order valence-electron chi connectivity index (χ4n) is 2.26. The molecule has 0 fully saturated rings. The predicted molar refractivity (Wildman–Crippen MR) is 90.2 cm³/mol. The van der Waals surface area contributed by atoms with Crippen molar-refractivity contribution < 1.29 is 14.3 Å². The minimum absolute atomic E-state index is 0.0954. The van der Waals surface area contributed by atoms with Crippen LogP contribution < -0.4 is 5.32 Å². The molecule has 0 heterocycles. The summed E-state index contributed by atoms with van der Waals surface area (Å²) in [6, 6.07) is 12.2. The van der Waals surface area contributed by atoms with E-state index in [2.05, 4.69) is 38.2 Å². The van der Waals surface area contributed by atoms with Gasteiger partial charge in [-0.25, -0.2) is 4.39 Å². The third kappa shape index (κ3) is 4.55. The second-order valence-electron chi connectivity index (χ2n) is 6.63. The van der Waals surface area contributed by atoms with Crippen LogP contribution in [-0.4, -0.2) is 11.0 Å². The van der Waals surface area contributed by atoms with Gasteiger partial charge in [-0.15, -0.1) is 0 Å². The lowest BCUT2D eigenvalue weighted by atomic mass is 9.86. The van der Waals surface area contributed by atoms with Gasteiger partial charge in [0.1, 0.15) is 0 Å². The summed E-state index contributed by atoms with van der Waals surface area (Å²) in [7, 11) is 0. The van der Waals surface area contributed by atoms with E-state index < -0.39 is 11.6 Å². The Hall–Kier alpha value is -2.36. The lowest BCUT2D eigenvalue weighted by Crippen LogP contribution is -2.13. The number of hydrogen-bond donors (Lipinski definition) is 2. The van der Waals surface area contributed by atoms with Gasteiger partial charge in [0.15, 0.2) is 11.6 Å². The Balaban J connectivity index is 1.93. The number of amides is 1. The van der Waals surface area contributed by atoms with E-state index in [1.807, 2.05) is 12.1 Å². The third-order valence-electron chi connectivity index (χ3n) is 3.72. The lowest BCUT2D eigenvalue weighted by Gasteiger charge is -2.19. The zero-order valence-electron chi connectivity index (χ0n) is 13.7. The first-order valence-corrected chi connectivity index (χ1v) is 7.64. The highest BCUT2D eigenvalue weighted by atomic mass is 19.1. The molecule has 0 unspecified atom stereocenters. The van der Waals surface area contributed by atoms with Gasteiger partial charge in [-0.05, 0) is 35.1 Å². The van der Waals surface area contributed by atoms with Crippen LogP contribution in [0.2, 0.25) is 0 Å². The Morgan fingerprint density at radius 1 is 1.13 bits per heavy atom. The Labute approximate surface area is 136 Å². The van der Waals surface area contributed by atoms with Crippen molar-refractivity contribution >= 4 is 11.6 Å². The Kier molecular flexibility index (Phi) is 5.04. The van der Waals surface area contributed by atoms with E-state index in [1.54, 1.807) is 0 Å². The molecule has 4 heteroatoms. The maximum Gasteiger partial charge on any atom is 0.224 e. The molecule has 1 amide bonds. The molecule has 0 spiro atoms. The van der Waals surface area contributed by atoms with Crippen molar-refractivity contribution in [2.24, 2.45) is 0 Å². The van der Waals surface area contributed by atoms with Gasteiger partial charge in [-0.1, -0.05) is 51.1 Å². The fourth-order valence-corrected chi connectivity index (χ4v) is 2.26. The Morgan fingerprint density at radius 2 is 1.78 bits per heavy atom. The number of phenols is 1. The van der Waals surface area contributed by atoms with Gasteiger partial charge in [-0.3, -0.25) is 4.79 Å². The first kappa shape index (κ1) is 17.0. The second kappa shape index (κ2) is 6.82. The normalized spacial score (nSPS) is 11.3. The average molecular weight is 315 g/mol. The van der Waals surface area contributed by atoms with Gasteiger partial charge < -0.3 is 10.4 Å². The molecule has 122 valence electrons. The maximum atomic E-state index is 13.2. The summed E-state index contributed by atoms with van der Waals surface area (Å²) in [6.45, 7) is 6.46. The minimum atomic E-state index is -0.749. The van der Waals surface area contributed by atoms with Crippen LogP contribution in [-0.2, 0) is 16.6 Å². The van der Waals surface area contributed by atoms with Gasteiger partial charge in [0.05, 0.1) is 5.69 Å². The molecule has 0 bridgehead atoms. The molecule has 2 N–H and O–H groups in total. The molecule has 2 aromatic rings. The van der Waals surface area contributed by atoms with Crippen LogP contribution in [0.5, 0.6) is 5.75 Å². The summed E-state index contributed by atoms with van der Waals surface area (Å²) in [6.07, 6.45) is 0.858. The largest absolute Gasteiger partial charge is 0.503 e. The molecule has 3 nitrogen and oxygen atoms in total. The third-order valence-corrected chi connectivity index (χ3v) is 3.72. The minimum Gasteiger partial charge on any atom is -0.503 e. The molecular formula is C19H22FNO2. The summed E-state index contributed by atoms with van der Waals surface area (Å²) in [4.78, 5) is 11.9. The van der Waals surface area contributed by atoms with E-state index in [9.17, 15) is 14.3 Å². The molecular weight excluding hydrogens is 293 g/mol. The molecule has 23 heavy (non-hydrogen) atoms. The Bertz CT molecular complexity index is 688. The predicted octanol–water partition coefficient (Wildman–Crippen LogP) is 4.40. The zero-order chi connectivity index (χ0) is 17.0. The number of aromatic hydroxyl groups is 1. The van der Waals surface area contributed by atoms with Crippen molar-refractivity contribution in [1.29, 1.82) is 0 Å². The number of carbonyl (C=O) groups excluding carboxylic acids is 1. The molecule has 0 atom stereocenters. The number of aryl methyl sites for hydroxylation is 1. The monoisotopic (exact) mass is 315 g/mol. The number of phenolic OH excluding ortho intramolecular Hbond substituents is 1. The second-order valence-corrected chi connectivity index (χ2v) is 6.63. The van der Waals surface area contributed by atoms with E-state index in [1.165, 1.54) is 17.7 Å². The van der Waals surface area contributed by atoms with E-state index in [0.717, 1.165) is 11.6 Å². The van der Waals surface area contributed by atoms with Gasteiger partial charge >= 0.3 is 0 Å². The van der Waals surface area contributed by atoms with Crippen molar-refractivity contribution in [2.75, 3.05) is 5.32 Å². The standard InChI is InChI=1S/C19H22FNO2/c1-19(2,3)14-10-7-13(8-11-14)9-12-17(22)21-16-6-4-5-15(20)18(16)23/h4-8,10-11,23H,9,12H2,1-3H3,(H,21,22). The molecule has 0 aromatic heterocycles. The van der Waals surface area contributed by atoms with Gasteiger partial charge in [0, 0.05) is 6.42 Å². The summed E-state index contributed by atoms with van der Waals surface area (Å²) in [5.41, 5.74) is 2.51. The number of anilines is 1. The van der Waals surface area contributed by atoms with E-state index in [0.29, 0.717) is 6.42 Å². The number of para-hydroxylation sites is 1. The van der Waals surface area contributed by atoms with Crippen molar-refractivity contribution in [2.45, 2.75) is 39.0 Å². The number of benzene rings is 2. The smallest absolute Gasteiger partial charge is 0.224 e. The molecule has 0 saturated carbocycles. The summed E-state index contributed by atoms with van der Waals surface area (Å²) in [5.74, 6) is -1.54. The average Bonchev–Trinajstić information content (AvgIpc) is 2.49.